The highest BCUT2D eigenvalue weighted by Gasteiger charge is 2.37. The Morgan fingerprint density at radius 1 is 1.02 bits per heavy atom. The number of carbonyl (C=O) groups is 3. The summed E-state index contributed by atoms with van der Waals surface area (Å²) in [6.07, 6.45) is 8.65. The van der Waals surface area contributed by atoms with Crippen LogP contribution in [0.15, 0.2) is 72.8 Å². The zero-order chi connectivity index (χ0) is 29.8. The first kappa shape index (κ1) is 31.4. The maximum atomic E-state index is 13.7. The molecule has 1 aliphatic heterocycles. The number of nitrogens with one attached hydrogen (secondary N) is 2. The lowest BCUT2D eigenvalue weighted by molar-refractivity contribution is -0.158. The first-order chi connectivity index (χ1) is 20.4. The van der Waals surface area contributed by atoms with Gasteiger partial charge in [0, 0.05) is 13.5 Å². The van der Waals surface area contributed by atoms with Gasteiger partial charge in [0.2, 0.25) is 11.8 Å². The van der Waals surface area contributed by atoms with E-state index in [4.69, 9.17) is 9.47 Å². The van der Waals surface area contributed by atoms with Crippen molar-refractivity contribution in [3.05, 3.63) is 83.9 Å². The van der Waals surface area contributed by atoms with E-state index in [1.165, 1.54) is 0 Å². The van der Waals surface area contributed by atoms with Crippen LogP contribution < -0.4 is 10.6 Å². The van der Waals surface area contributed by atoms with E-state index in [0.29, 0.717) is 25.7 Å². The Labute approximate surface area is 248 Å². The number of rotatable bonds is 9. The summed E-state index contributed by atoms with van der Waals surface area (Å²) >= 11 is 0. The Bertz CT molecular complexity index is 1180. The monoisotopic (exact) mass is 576 g/mol. The van der Waals surface area contributed by atoms with E-state index < -0.39 is 23.6 Å². The van der Waals surface area contributed by atoms with Crippen molar-refractivity contribution in [3.63, 3.8) is 0 Å². The molecule has 2 aromatic carbocycles. The summed E-state index contributed by atoms with van der Waals surface area (Å²) in [6.45, 7) is 0.00397. The summed E-state index contributed by atoms with van der Waals surface area (Å²) in [6, 6.07) is 18.6. The van der Waals surface area contributed by atoms with Gasteiger partial charge in [0.15, 0.2) is 0 Å². The standard InChI is InChI=1S/C34H44N2O6/c1-41-23-29-31(26-15-7-3-8-16-26)42-33(40)28(21-25-13-5-2-6-14-25)18-10-4-9-17-27(32(39)35-29)22-30(38)36-34(24-37)19-11-12-20-34/h2-9,13-16,27-29,31,37H,10-12,17-24H2,1H3,(H,35,39)(H,36,38). The van der Waals surface area contributed by atoms with Crippen LogP contribution >= 0.6 is 0 Å². The number of hydrogen-bond donors (Lipinski definition) is 3. The van der Waals surface area contributed by atoms with Crippen molar-refractivity contribution in [1.29, 1.82) is 0 Å². The number of cyclic esters (lactones) is 1. The average molecular weight is 577 g/mol. The van der Waals surface area contributed by atoms with Gasteiger partial charge in [0.1, 0.15) is 6.10 Å². The van der Waals surface area contributed by atoms with Crippen LogP contribution in [0.25, 0.3) is 0 Å². The first-order valence-corrected chi connectivity index (χ1v) is 15.1. The fourth-order valence-corrected chi connectivity index (χ4v) is 6.04. The van der Waals surface area contributed by atoms with Crippen molar-refractivity contribution in [1.82, 2.24) is 10.6 Å². The Hall–Kier alpha value is -3.49. The average Bonchev–Trinajstić information content (AvgIpc) is 3.47. The maximum absolute atomic E-state index is 13.7. The Kier molecular flexibility index (Phi) is 11.7. The highest BCUT2D eigenvalue weighted by atomic mass is 16.5. The lowest BCUT2D eigenvalue weighted by Gasteiger charge is -2.31. The van der Waals surface area contributed by atoms with Crippen LogP contribution in [0.4, 0.5) is 0 Å². The molecule has 0 spiro atoms. The molecule has 8 nitrogen and oxygen atoms in total. The fourth-order valence-electron chi connectivity index (χ4n) is 6.04. The van der Waals surface area contributed by atoms with Crippen molar-refractivity contribution >= 4 is 17.8 Å². The van der Waals surface area contributed by atoms with Gasteiger partial charge in [-0.25, -0.2) is 0 Å². The SMILES string of the molecule is COCC1NC(=O)C(CC(=O)NC2(CO)CCCC2)CC=CCCC(Cc2ccccc2)C(=O)OC1c1ccccc1. The first-order valence-electron chi connectivity index (χ1n) is 15.1. The number of benzene rings is 2. The van der Waals surface area contributed by atoms with Crippen LogP contribution in [0.1, 0.15) is 68.6 Å². The molecule has 4 atom stereocenters. The topological polar surface area (TPSA) is 114 Å². The third kappa shape index (κ3) is 8.76. The van der Waals surface area contributed by atoms with E-state index >= 15 is 0 Å². The second-order valence-electron chi connectivity index (χ2n) is 11.6. The summed E-state index contributed by atoms with van der Waals surface area (Å²) in [4.78, 5) is 40.6. The molecule has 2 aromatic rings. The number of ether oxygens (including phenoxy) is 2. The molecule has 0 aromatic heterocycles. The van der Waals surface area contributed by atoms with Crippen LogP contribution in [-0.2, 0) is 30.3 Å². The van der Waals surface area contributed by atoms with E-state index in [0.717, 1.165) is 36.8 Å². The predicted molar refractivity (Wildman–Crippen MR) is 160 cm³/mol. The van der Waals surface area contributed by atoms with Crippen LogP contribution in [0.2, 0.25) is 0 Å². The van der Waals surface area contributed by atoms with Gasteiger partial charge in [-0.2, -0.15) is 0 Å². The van der Waals surface area contributed by atoms with Crippen molar-refractivity contribution in [3.8, 4) is 0 Å². The van der Waals surface area contributed by atoms with Crippen molar-refractivity contribution in [2.75, 3.05) is 20.3 Å². The van der Waals surface area contributed by atoms with Gasteiger partial charge in [-0.05, 0) is 49.7 Å². The number of amides is 2. The number of hydrogen-bond acceptors (Lipinski definition) is 6. The minimum absolute atomic E-state index is 0.00987. The van der Waals surface area contributed by atoms with E-state index in [2.05, 4.69) is 10.6 Å². The minimum atomic E-state index is -0.778. The number of methoxy groups -OCH3 is 1. The van der Waals surface area contributed by atoms with Gasteiger partial charge in [-0.3, -0.25) is 14.4 Å². The number of esters is 1. The van der Waals surface area contributed by atoms with Crippen molar-refractivity contribution < 1.29 is 29.0 Å². The number of aliphatic hydroxyl groups is 1. The molecule has 1 heterocycles. The maximum Gasteiger partial charge on any atom is 0.309 e. The van der Waals surface area contributed by atoms with Gasteiger partial charge in [0.05, 0.1) is 36.6 Å². The lowest BCUT2D eigenvalue weighted by atomic mass is 9.94. The van der Waals surface area contributed by atoms with Crippen LogP contribution in [0, 0.1) is 11.8 Å². The molecule has 0 bridgehead atoms. The molecular weight excluding hydrogens is 532 g/mol. The minimum Gasteiger partial charge on any atom is -0.455 e. The zero-order valence-corrected chi connectivity index (χ0v) is 24.5. The second-order valence-corrected chi connectivity index (χ2v) is 11.6. The molecule has 0 saturated heterocycles. The summed E-state index contributed by atoms with van der Waals surface area (Å²) in [5, 5.41) is 16.0. The zero-order valence-electron chi connectivity index (χ0n) is 24.5. The van der Waals surface area contributed by atoms with Gasteiger partial charge >= 0.3 is 5.97 Å². The smallest absolute Gasteiger partial charge is 0.309 e. The summed E-state index contributed by atoms with van der Waals surface area (Å²) in [5.41, 5.74) is 1.20. The van der Waals surface area contributed by atoms with E-state index in [1.54, 1.807) is 7.11 Å². The number of allylic oxidation sites excluding steroid dienone is 2. The van der Waals surface area contributed by atoms with Gasteiger partial charge in [-0.15, -0.1) is 0 Å². The van der Waals surface area contributed by atoms with Crippen LogP contribution in [0.5, 0.6) is 0 Å². The molecular formula is C34H44N2O6. The van der Waals surface area contributed by atoms with Crippen LogP contribution in [-0.4, -0.2) is 54.8 Å². The normalized spacial score (nSPS) is 24.9. The molecule has 2 amide bonds. The molecule has 42 heavy (non-hydrogen) atoms. The van der Waals surface area contributed by atoms with Gasteiger partial charge in [0.25, 0.3) is 0 Å². The largest absolute Gasteiger partial charge is 0.455 e. The van der Waals surface area contributed by atoms with Gasteiger partial charge < -0.3 is 25.2 Å². The number of aliphatic hydroxyl groups excluding tert-OH is 1. The lowest BCUT2D eigenvalue weighted by Crippen LogP contribution is -2.51. The van der Waals surface area contributed by atoms with E-state index in [-0.39, 0.29) is 43.3 Å². The molecule has 1 saturated carbocycles. The quantitative estimate of drug-likeness (QED) is 0.301. The third-order valence-electron chi connectivity index (χ3n) is 8.41. The highest BCUT2D eigenvalue weighted by molar-refractivity contribution is 5.86. The highest BCUT2D eigenvalue weighted by Crippen LogP contribution is 2.30. The Morgan fingerprint density at radius 2 is 1.71 bits per heavy atom. The van der Waals surface area contributed by atoms with E-state index in [9.17, 15) is 19.5 Å². The molecule has 1 aliphatic carbocycles. The Balaban J connectivity index is 1.60. The molecule has 3 N–H and O–H groups in total. The predicted octanol–water partition coefficient (Wildman–Crippen LogP) is 4.43. The fraction of sp³-hybridized carbons (Fsp3) is 0.500. The second kappa shape index (κ2) is 15.7. The van der Waals surface area contributed by atoms with Crippen molar-refractivity contribution in [2.45, 2.75) is 75.5 Å². The summed E-state index contributed by atoms with van der Waals surface area (Å²) < 4.78 is 11.7. The molecule has 2 aliphatic rings. The Morgan fingerprint density at radius 3 is 2.38 bits per heavy atom. The molecule has 0 radical (unpaired) electrons. The summed E-state index contributed by atoms with van der Waals surface area (Å²) in [5.74, 6) is -1.88. The van der Waals surface area contributed by atoms with Crippen molar-refractivity contribution in [2.24, 2.45) is 11.8 Å². The van der Waals surface area contributed by atoms with E-state index in [1.807, 2.05) is 72.8 Å². The summed E-state index contributed by atoms with van der Waals surface area (Å²) in [7, 11) is 1.54. The third-order valence-corrected chi connectivity index (χ3v) is 8.41. The van der Waals surface area contributed by atoms with Crippen LogP contribution in [0.3, 0.4) is 0 Å². The molecule has 226 valence electrons. The number of carbonyl (C=O) groups excluding carboxylic acids is 3. The van der Waals surface area contributed by atoms with Gasteiger partial charge in [-0.1, -0.05) is 85.7 Å². The molecule has 4 unspecified atom stereocenters. The molecule has 1 fully saturated rings. The molecule has 8 heteroatoms. The molecule has 4 rings (SSSR count).